The number of carbonyl (C=O) groups excluding carboxylic acids is 1. The molecule has 1 heterocycles. The fourth-order valence-electron chi connectivity index (χ4n) is 3.28. The highest BCUT2D eigenvalue weighted by Crippen LogP contribution is 2.33. The number of nitriles is 1. The molecule has 1 amide bonds. The van der Waals surface area contributed by atoms with Gasteiger partial charge in [0, 0.05) is 12.5 Å². The van der Waals surface area contributed by atoms with Crippen LogP contribution in [0, 0.1) is 11.3 Å². The van der Waals surface area contributed by atoms with Crippen LogP contribution < -0.4 is 4.90 Å². The van der Waals surface area contributed by atoms with E-state index in [4.69, 9.17) is 29.1 Å². The van der Waals surface area contributed by atoms with E-state index in [1.165, 1.54) is 4.90 Å². The molecule has 0 radical (unpaired) electrons. The normalized spacial score (nSPS) is 18.6. The predicted octanol–water partition coefficient (Wildman–Crippen LogP) is 4.68. The van der Waals surface area contributed by atoms with Gasteiger partial charge >= 0.3 is 0 Å². The van der Waals surface area contributed by atoms with Crippen molar-refractivity contribution >= 4 is 40.5 Å². The first-order valence-corrected chi connectivity index (χ1v) is 9.12. The van der Waals surface area contributed by atoms with E-state index in [0.717, 1.165) is 5.56 Å². The second-order valence-corrected chi connectivity index (χ2v) is 7.11. The molecule has 1 aliphatic rings. The number of nitrogens with zero attached hydrogens (tertiary/aromatic N) is 3. The van der Waals surface area contributed by atoms with Crippen molar-refractivity contribution in [2.24, 2.45) is 0 Å². The molecule has 2 aromatic rings. The molecule has 6 heteroatoms. The molecule has 0 unspecified atom stereocenters. The Morgan fingerprint density at radius 2 is 1.96 bits per heavy atom. The van der Waals surface area contributed by atoms with Gasteiger partial charge in [0.05, 0.1) is 22.3 Å². The minimum absolute atomic E-state index is 0.00434. The zero-order valence-electron chi connectivity index (χ0n) is 14.5. The van der Waals surface area contributed by atoms with Crippen molar-refractivity contribution in [2.75, 3.05) is 4.90 Å². The lowest BCUT2D eigenvalue weighted by Gasteiger charge is -2.44. The number of amides is 1. The van der Waals surface area contributed by atoms with E-state index >= 15 is 0 Å². The van der Waals surface area contributed by atoms with Gasteiger partial charge in [0.2, 0.25) is 5.91 Å². The average molecular weight is 384 g/mol. The van der Waals surface area contributed by atoms with Gasteiger partial charge < -0.3 is 4.90 Å². The maximum atomic E-state index is 12.7. The standard InChI is InChI=1S/C20H18ClN3OS/c1-13-10-19(25)24(17-9-8-16(12-22)18(21)11-17)20(26)23(13)14(2)15-6-4-3-5-7-15/h3-9,11,13-14H,10H2,1-2H3/t13-,14+/m0/s1. The summed E-state index contributed by atoms with van der Waals surface area (Å²) < 4.78 is 0. The smallest absolute Gasteiger partial charge is 0.235 e. The van der Waals surface area contributed by atoms with E-state index in [1.54, 1.807) is 18.2 Å². The second kappa shape index (κ2) is 7.45. The molecule has 132 valence electrons. The first kappa shape index (κ1) is 18.4. The van der Waals surface area contributed by atoms with Crippen LogP contribution in [0.5, 0.6) is 0 Å². The first-order chi connectivity index (χ1) is 12.4. The van der Waals surface area contributed by atoms with E-state index in [0.29, 0.717) is 27.8 Å². The van der Waals surface area contributed by atoms with Gasteiger partial charge in [-0.3, -0.25) is 9.69 Å². The van der Waals surface area contributed by atoms with Gasteiger partial charge in [-0.2, -0.15) is 5.26 Å². The van der Waals surface area contributed by atoms with Crippen molar-refractivity contribution in [1.82, 2.24) is 4.90 Å². The van der Waals surface area contributed by atoms with Crippen LogP contribution in [0.2, 0.25) is 5.02 Å². The third kappa shape index (κ3) is 3.31. The molecule has 0 aliphatic carbocycles. The largest absolute Gasteiger partial charge is 0.339 e. The first-order valence-electron chi connectivity index (χ1n) is 8.34. The number of rotatable bonds is 3. The van der Waals surface area contributed by atoms with Crippen molar-refractivity contribution in [3.05, 3.63) is 64.7 Å². The van der Waals surface area contributed by atoms with Gasteiger partial charge in [-0.05, 0) is 49.8 Å². The van der Waals surface area contributed by atoms with Gasteiger partial charge in [0.1, 0.15) is 6.07 Å². The molecule has 26 heavy (non-hydrogen) atoms. The Balaban J connectivity index is 1.97. The lowest BCUT2D eigenvalue weighted by Crippen LogP contribution is -2.56. The number of halogens is 1. The Morgan fingerprint density at radius 1 is 1.27 bits per heavy atom. The molecule has 2 aromatic carbocycles. The Kier molecular flexibility index (Phi) is 5.26. The van der Waals surface area contributed by atoms with Crippen molar-refractivity contribution in [2.45, 2.75) is 32.4 Å². The van der Waals surface area contributed by atoms with E-state index < -0.39 is 0 Å². The highest BCUT2D eigenvalue weighted by atomic mass is 35.5. The summed E-state index contributed by atoms with van der Waals surface area (Å²) in [6.07, 6.45) is 0.356. The molecule has 0 bridgehead atoms. The molecule has 1 saturated heterocycles. The summed E-state index contributed by atoms with van der Waals surface area (Å²) in [5, 5.41) is 9.81. The van der Waals surface area contributed by atoms with Crippen LogP contribution >= 0.6 is 23.8 Å². The number of hydrogen-bond donors (Lipinski definition) is 0. The summed E-state index contributed by atoms with van der Waals surface area (Å²) in [5.74, 6) is -0.0696. The fourth-order valence-corrected chi connectivity index (χ4v) is 4.04. The molecule has 4 nitrogen and oxygen atoms in total. The van der Waals surface area contributed by atoms with Gasteiger partial charge in [-0.1, -0.05) is 41.9 Å². The third-order valence-corrected chi connectivity index (χ3v) is 5.34. The zero-order chi connectivity index (χ0) is 18.8. The molecular formula is C20H18ClN3OS. The maximum absolute atomic E-state index is 12.7. The van der Waals surface area contributed by atoms with Gasteiger partial charge in [-0.15, -0.1) is 0 Å². The van der Waals surface area contributed by atoms with Gasteiger partial charge in [0.25, 0.3) is 0 Å². The topological polar surface area (TPSA) is 47.3 Å². The van der Waals surface area contributed by atoms with Gasteiger partial charge in [-0.25, -0.2) is 0 Å². The molecule has 0 N–H and O–H groups in total. The van der Waals surface area contributed by atoms with Crippen LogP contribution in [0.15, 0.2) is 48.5 Å². The van der Waals surface area contributed by atoms with Crippen molar-refractivity contribution in [3.8, 4) is 6.07 Å². The van der Waals surface area contributed by atoms with Crippen molar-refractivity contribution in [1.29, 1.82) is 5.26 Å². The molecular weight excluding hydrogens is 366 g/mol. The van der Waals surface area contributed by atoms with Crippen molar-refractivity contribution < 1.29 is 4.79 Å². The highest BCUT2D eigenvalue weighted by molar-refractivity contribution is 7.80. The Hall–Kier alpha value is -2.42. The van der Waals surface area contributed by atoms with Crippen LogP contribution in [0.4, 0.5) is 5.69 Å². The summed E-state index contributed by atoms with van der Waals surface area (Å²) in [7, 11) is 0. The molecule has 0 spiro atoms. The predicted molar refractivity (Wildman–Crippen MR) is 107 cm³/mol. The van der Waals surface area contributed by atoms with Crippen LogP contribution in [-0.4, -0.2) is 22.0 Å². The number of thiocarbonyl (C=S) groups is 1. The van der Waals surface area contributed by atoms with E-state index in [-0.39, 0.29) is 18.0 Å². The SMILES string of the molecule is C[C@H](c1ccccc1)N1C(=S)N(c2ccc(C#N)c(Cl)c2)C(=O)C[C@@H]1C. The Bertz CT molecular complexity index is 894. The summed E-state index contributed by atoms with van der Waals surface area (Å²) in [5.41, 5.74) is 2.09. The van der Waals surface area contributed by atoms with Crippen LogP contribution in [0.25, 0.3) is 0 Å². The lowest BCUT2D eigenvalue weighted by molar-refractivity contribution is -0.119. The van der Waals surface area contributed by atoms with Gasteiger partial charge in [0.15, 0.2) is 5.11 Å². The third-order valence-electron chi connectivity index (χ3n) is 4.64. The van der Waals surface area contributed by atoms with E-state index in [9.17, 15) is 4.79 Å². The molecule has 1 fully saturated rings. The van der Waals surface area contributed by atoms with Crippen LogP contribution in [0.1, 0.15) is 37.4 Å². The minimum Gasteiger partial charge on any atom is -0.339 e. The summed E-state index contributed by atoms with van der Waals surface area (Å²) in [6.45, 7) is 4.09. The Labute approximate surface area is 163 Å². The molecule has 0 aromatic heterocycles. The molecule has 3 rings (SSSR count). The molecule has 2 atom stereocenters. The second-order valence-electron chi connectivity index (χ2n) is 6.33. The van der Waals surface area contributed by atoms with E-state index in [1.807, 2.05) is 31.2 Å². The zero-order valence-corrected chi connectivity index (χ0v) is 16.1. The van der Waals surface area contributed by atoms with Crippen LogP contribution in [-0.2, 0) is 4.79 Å². The minimum atomic E-state index is -0.0696. The Morgan fingerprint density at radius 3 is 2.58 bits per heavy atom. The number of carbonyl (C=O) groups is 1. The van der Waals surface area contributed by atoms with E-state index in [2.05, 4.69) is 24.0 Å². The molecule has 0 saturated carbocycles. The monoisotopic (exact) mass is 383 g/mol. The number of benzene rings is 2. The summed E-state index contributed by atoms with van der Waals surface area (Å²) >= 11 is 11.8. The molecule has 1 aliphatic heterocycles. The maximum Gasteiger partial charge on any atom is 0.235 e. The average Bonchev–Trinajstić information content (AvgIpc) is 2.62. The number of hydrogen-bond acceptors (Lipinski definition) is 3. The van der Waals surface area contributed by atoms with Crippen LogP contribution in [0.3, 0.4) is 0 Å². The fraction of sp³-hybridized carbons (Fsp3) is 0.250. The lowest BCUT2D eigenvalue weighted by atomic mass is 10.0. The number of anilines is 1. The summed E-state index contributed by atoms with van der Waals surface area (Å²) in [4.78, 5) is 16.3. The quantitative estimate of drug-likeness (QED) is 0.721. The highest BCUT2D eigenvalue weighted by Gasteiger charge is 2.37. The van der Waals surface area contributed by atoms with Crippen molar-refractivity contribution in [3.63, 3.8) is 0 Å². The summed E-state index contributed by atoms with van der Waals surface area (Å²) in [6, 6.07) is 17.1.